The minimum Gasteiger partial charge on any atom is -0.246 e. The Morgan fingerprint density at radius 1 is 1.50 bits per heavy atom. The van der Waals surface area contributed by atoms with Crippen molar-refractivity contribution in [1.29, 1.82) is 5.26 Å². The minimum atomic E-state index is -3.58. The molecule has 0 saturated carbocycles. The van der Waals surface area contributed by atoms with E-state index in [0.29, 0.717) is 0 Å². The molecule has 22 heavy (non-hydrogen) atoms. The third-order valence-corrected chi connectivity index (χ3v) is 7.01. The SMILES string of the molecule is Cc1nc2c(s1)[C@H](N(C)S(=O)(=O)N(C)C[C@H](C)C#N)CCC2. The van der Waals surface area contributed by atoms with Gasteiger partial charge in [-0.25, -0.2) is 4.98 Å². The Bertz CT molecular complexity index is 678. The van der Waals surface area contributed by atoms with Crippen LogP contribution in [0.1, 0.15) is 41.4 Å². The fraction of sp³-hybridized carbons (Fsp3) is 0.714. The molecule has 1 aliphatic rings. The number of thiazole rings is 1. The molecule has 2 atom stereocenters. The summed E-state index contributed by atoms with van der Waals surface area (Å²) in [6.07, 6.45) is 2.68. The maximum absolute atomic E-state index is 12.7. The van der Waals surface area contributed by atoms with E-state index in [1.54, 1.807) is 25.3 Å². The van der Waals surface area contributed by atoms with Gasteiger partial charge >= 0.3 is 0 Å². The standard InChI is InChI=1S/C14H22N4O2S2/c1-10(8-15)9-17(3)22(19,20)18(4)13-7-5-6-12-14(13)21-11(2)16-12/h10,13H,5-7,9H2,1-4H3/t10-,13-/m1/s1. The number of aromatic nitrogens is 1. The predicted molar refractivity (Wildman–Crippen MR) is 86.6 cm³/mol. The van der Waals surface area contributed by atoms with Gasteiger partial charge in [-0.05, 0) is 33.1 Å². The van der Waals surface area contributed by atoms with Crippen molar-refractivity contribution < 1.29 is 8.42 Å². The van der Waals surface area contributed by atoms with Crippen molar-refractivity contribution in [3.05, 3.63) is 15.6 Å². The first-order valence-corrected chi connectivity index (χ1v) is 9.53. The van der Waals surface area contributed by atoms with Gasteiger partial charge in [-0.1, -0.05) is 0 Å². The zero-order valence-electron chi connectivity index (χ0n) is 13.4. The van der Waals surface area contributed by atoms with Crippen molar-refractivity contribution in [2.45, 2.75) is 39.2 Å². The summed E-state index contributed by atoms with van der Waals surface area (Å²) >= 11 is 1.58. The van der Waals surface area contributed by atoms with E-state index < -0.39 is 10.2 Å². The Balaban J connectivity index is 2.24. The topological polar surface area (TPSA) is 77.3 Å². The second-order valence-corrected chi connectivity index (χ2v) is 9.12. The number of fused-ring (bicyclic) bond motifs is 1. The third kappa shape index (κ3) is 3.33. The smallest absolute Gasteiger partial charge is 0.246 e. The van der Waals surface area contributed by atoms with E-state index in [0.717, 1.165) is 34.8 Å². The van der Waals surface area contributed by atoms with Gasteiger partial charge in [-0.2, -0.15) is 22.3 Å². The van der Waals surface area contributed by atoms with E-state index in [-0.39, 0.29) is 18.5 Å². The second kappa shape index (κ2) is 6.62. The number of hydrogen-bond donors (Lipinski definition) is 0. The average molecular weight is 342 g/mol. The minimum absolute atomic E-state index is 0.153. The van der Waals surface area contributed by atoms with Crippen LogP contribution in [0.5, 0.6) is 0 Å². The Hall–Kier alpha value is -1.01. The van der Waals surface area contributed by atoms with Crippen molar-refractivity contribution in [3.63, 3.8) is 0 Å². The molecular formula is C14H22N4O2S2. The Morgan fingerprint density at radius 3 is 2.82 bits per heavy atom. The molecular weight excluding hydrogens is 320 g/mol. The molecule has 0 fully saturated rings. The van der Waals surface area contributed by atoms with Gasteiger partial charge in [0.25, 0.3) is 10.2 Å². The molecule has 0 aromatic carbocycles. The average Bonchev–Trinajstić information content (AvgIpc) is 2.85. The Labute approximate surface area is 136 Å². The number of hydrogen-bond acceptors (Lipinski definition) is 5. The number of nitriles is 1. The van der Waals surface area contributed by atoms with Gasteiger partial charge in [-0.15, -0.1) is 11.3 Å². The van der Waals surface area contributed by atoms with Crippen molar-refractivity contribution in [2.24, 2.45) is 5.92 Å². The van der Waals surface area contributed by atoms with E-state index in [9.17, 15) is 8.42 Å². The molecule has 0 saturated heterocycles. The molecule has 0 spiro atoms. The Morgan fingerprint density at radius 2 is 2.18 bits per heavy atom. The van der Waals surface area contributed by atoms with Gasteiger partial charge in [0.05, 0.1) is 28.7 Å². The molecule has 1 heterocycles. The largest absolute Gasteiger partial charge is 0.282 e. The third-order valence-electron chi connectivity index (χ3n) is 3.98. The molecule has 0 bridgehead atoms. The molecule has 0 amide bonds. The van der Waals surface area contributed by atoms with Crippen molar-refractivity contribution in [2.75, 3.05) is 20.6 Å². The number of aryl methyl sites for hydroxylation is 2. The van der Waals surface area contributed by atoms with Crippen LogP contribution < -0.4 is 0 Å². The molecule has 0 N–H and O–H groups in total. The van der Waals surface area contributed by atoms with Crippen LogP contribution in [0.15, 0.2) is 0 Å². The molecule has 6 nitrogen and oxygen atoms in total. The molecule has 2 rings (SSSR count). The second-order valence-electron chi connectivity index (χ2n) is 5.79. The summed E-state index contributed by atoms with van der Waals surface area (Å²) in [4.78, 5) is 5.58. The molecule has 1 aromatic heterocycles. The first kappa shape index (κ1) is 17.3. The first-order valence-electron chi connectivity index (χ1n) is 7.32. The summed E-state index contributed by atoms with van der Waals surface area (Å²) in [5.74, 6) is -0.333. The molecule has 0 aliphatic heterocycles. The lowest BCUT2D eigenvalue weighted by Crippen LogP contribution is -2.43. The summed E-state index contributed by atoms with van der Waals surface area (Å²) in [5, 5.41) is 9.86. The highest BCUT2D eigenvalue weighted by molar-refractivity contribution is 7.86. The maximum atomic E-state index is 12.7. The molecule has 1 aliphatic carbocycles. The van der Waals surface area contributed by atoms with Crippen LogP contribution in [0.3, 0.4) is 0 Å². The molecule has 1 aromatic rings. The van der Waals surface area contributed by atoms with Gasteiger partial charge in [-0.3, -0.25) is 0 Å². The summed E-state index contributed by atoms with van der Waals surface area (Å²) in [7, 11) is -0.431. The molecule has 8 heteroatoms. The highest BCUT2D eigenvalue weighted by Crippen LogP contribution is 2.38. The van der Waals surface area contributed by atoms with Gasteiger partial charge in [0, 0.05) is 25.5 Å². The fourth-order valence-corrected chi connectivity index (χ4v) is 5.37. The molecule has 122 valence electrons. The van der Waals surface area contributed by atoms with Crippen LogP contribution in [-0.2, 0) is 16.6 Å². The summed E-state index contributed by atoms with van der Waals surface area (Å²) in [5.41, 5.74) is 1.04. The molecule has 0 radical (unpaired) electrons. The zero-order chi connectivity index (χ0) is 16.5. The monoisotopic (exact) mass is 342 g/mol. The lowest BCUT2D eigenvalue weighted by atomic mass is 9.98. The first-order chi connectivity index (χ1) is 10.3. The van der Waals surface area contributed by atoms with E-state index in [4.69, 9.17) is 5.26 Å². The quantitative estimate of drug-likeness (QED) is 0.821. The van der Waals surface area contributed by atoms with Crippen molar-refractivity contribution >= 4 is 21.5 Å². The van der Waals surface area contributed by atoms with Crippen LogP contribution in [0.4, 0.5) is 0 Å². The van der Waals surface area contributed by atoms with Crippen molar-refractivity contribution in [3.8, 4) is 6.07 Å². The lowest BCUT2D eigenvalue weighted by Gasteiger charge is -2.33. The lowest BCUT2D eigenvalue weighted by molar-refractivity contribution is 0.307. The summed E-state index contributed by atoms with van der Waals surface area (Å²) in [6, 6.07) is 1.92. The van der Waals surface area contributed by atoms with Crippen molar-refractivity contribution in [1.82, 2.24) is 13.6 Å². The van der Waals surface area contributed by atoms with Gasteiger partial charge in [0.15, 0.2) is 0 Å². The number of rotatable bonds is 5. The normalized spacial score (nSPS) is 20.0. The van der Waals surface area contributed by atoms with E-state index in [1.165, 1.54) is 15.7 Å². The Kier molecular flexibility index (Phi) is 5.22. The fourth-order valence-electron chi connectivity index (χ4n) is 2.77. The van der Waals surface area contributed by atoms with Crippen LogP contribution in [0.25, 0.3) is 0 Å². The highest BCUT2D eigenvalue weighted by atomic mass is 32.2. The van der Waals surface area contributed by atoms with Gasteiger partial charge < -0.3 is 0 Å². The predicted octanol–water partition coefficient (Wildman–Crippen LogP) is 2.10. The van der Waals surface area contributed by atoms with Crippen LogP contribution >= 0.6 is 11.3 Å². The van der Waals surface area contributed by atoms with Crippen LogP contribution in [-0.4, -0.2) is 42.7 Å². The molecule has 0 unspecified atom stereocenters. The van der Waals surface area contributed by atoms with Gasteiger partial charge in [0.1, 0.15) is 0 Å². The maximum Gasteiger partial charge on any atom is 0.282 e. The number of nitrogens with zero attached hydrogens (tertiary/aromatic N) is 4. The van der Waals surface area contributed by atoms with E-state index in [2.05, 4.69) is 11.1 Å². The summed E-state index contributed by atoms with van der Waals surface area (Å²) < 4.78 is 28.2. The van der Waals surface area contributed by atoms with Gasteiger partial charge in [0.2, 0.25) is 0 Å². The summed E-state index contributed by atoms with van der Waals surface area (Å²) in [6.45, 7) is 3.87. The highest BCUT2D eigenvalue weighted by Gasteiger charge is 2.35. The van der Waals surface area contributed by atoms with E-state index >= 15 is 0 Å². The van der Waals surface area contributed by atoms with E-state index in [1.807, 2.05) is 6.92 Å². The van der Waals surface area contributed by atoms with Crippen LogP contribution in [0, 0.1) is 24.2 Å². The zero-order valence-corrected chi connectivity index (χ0v) is 15.0. The van der Waals surface area contributed by atoms with Crippen LogP contribution in [0.2, 0.25) is 0 Å².